The molecule has 0 heterocycles. The molecule has 0 radical (unpaired) electrons. The largest absolute Gasteiger partial charge is 0.493 e. The standard InChI is InChI=1S/C24H27F5O3Si/c1-5-31-19-15-11-14-17-16-12-9-10-13-18(16)21(30)22(20(17)19,23(25,26)24(27,28)29)32-33(6-2,7-3)8-4/h9-15H,5-8H2,1-4H3. The third kappa shape index (κ3) is 3.69. The summed E-state index contributed by atoms with van der Waals surface area (Å²) >= 11 is 0. The number of carbonyl (C=O) groups excluding carboxylic acids is 1. The van der Waals surface area contributed by atoms with Crippen LogP contribution in [-0.4, -0.2) is 32.8 Å². The van der Waals surface area contributed by atoms with Crippen molar-refractivity contribution in [2.75, 3.05) is 6.61 Å². The van der Waals surface area contributed by atoms with Crippen LogP contribution >= 0.6 is 0 Å². The predicted octanol–water partition coefficient (Wildman–Crippen LogP) is 7.36. The van der Waals surface area contributed by atoms with Crippen LogP contribution in [0.2, 0.25) is 18.1 Å². The Labute approximate surface area is 191 Å². The van der Waals surface area contributed by atoms with Crippen molar-refractivity contribution in [2.24, 2.45) is 0 Å². The molecule has 0 bridgehead atoms. The molecule has 180 valence electrons. The molecule has 0 aromatic heterocycles. The molecule has 0 fully saturated rings. The molecule has 0 saturated heterocycles. The summed E-state index contributed by atoms with van der Waals surface area (Å²) in [4.78, 5) is 13.8. The lowest BCUT2D eigenvalue weighted by atomic mass is 9.71. The second-order valence-electron chi connectivity index (χ2n) is 8.09. The maximum absolute atomic E-state index is 15.8. The van der Waals surface area contributed by atoms with E-state index in [-0.39, 0.29) is 47.2 Å². The lowest BCUT2D eigenvalue weighted by Crippen LogP contribution is -2.65. The highest BCUT2D eigenvalue weighted by molar-refractivity contribution is 6.73. The molecule has 9 heteroatoms. The van der Waals surface area contributed by atoms with Gasteiger partial charge in [0.05, 0.1) is 6.61 Å². The molecule has 1 aliphatic rings. The molecule has 0 saturated carbocycles. The molecule has 1 unspecified atom stereocenters. The first-order chi connectivity index (χ1) is 15.5. The van der Waals surface area contributed by atoms with Crippen LogP contribution in [0.15, 0.2) is 42.5 Å². The highest BCUT2D eigenvalue weighted by Crippen LogP contribution is 2.60. The molecule has 1 atom stereocenters. The van der Waals surface area contributed by atoms with Crippen LogP contribution in [0.25, 0.3) is 11.1 Å². The molecular formula is C24H27F5O3Si. The average Bonchev–Trinajstić information content (AvgIpc) is 2.79. The molecule has 0 spiro atoms. The molecule has 3 rings (SSSR count). The molecule has 3 nitrogen and oxygen atoms in total. The second kappa shape index (κ2) is 8.83. The average molecular weight is 487 g/mol. The normalized spacial score (nSPS) is 18.6. The van der Waals surface area contributed by atoms with Gasteiger partial charge in [-0.3, -0.25) is 4.79 Å². The zero-order valence-electron chi connectivity index (χ0n) is 19.0. The fourth-order valence-corrected chi connectivity index (χ4v) is 7.47. The van der Waals surface area contributed by atoms with E-state index in [4.69, 9.17) is 9.16 Å². The Balaban J connectivity index is 2.54. The monoisotopic (exact) mass is 486 g/mol. The maximum atomic E-state index is 15.8. The van der Waals surface area contributed by atoms with E-state index in [2.05, 4.69) is 0 Å². The van der Waals surface area contributed by atoms with Crippen LogP contribution < -0.4 is 4.74 Å². The number of halogens is 5. The van der Waals surface area contributed by atoms with Crippen molar-refractivity contribution in [3.8, 4) is 16.9 Å². The van der Waals surface area contributed by atoms with Gasteiger partial charge < -0.3 is 9.16 Å². The Hall–Kier alpha value is -2.26. The SMILES string of the molecule is CCOc1cccc2c1C(O[Si](CC)(CC)CC)(C(F)(F)C(F)(F)F)C(=O)c1ccccc1-2. The first-order valence-electron chi connectivity index (χ1n) is 11.0. The van der Waals surface area contributed by atoms with Gasteiger partial charge in [0, 0.05) is 11.1 Å². The van der Waals surface area contributed by atoms with Crippen LogP contribution in [-0.2, 0) is 10.0 Å². The summed E-state index contributed by atoms with van der Waals surface area (Å²) in [5, 5.41) is 0. The summed E-state index contributed by atoms with van der Waals surface area (Å²) in [5.74, 6) is -7.12. The first-order valence-corrected chi connectivity index (χ1v) is 13.5. The summed E-state index contributed by atoms with van der Waals surface area (Å²) in [5.41, 5.74) is -4.02. The Bertz CT molecular complexity index is 1020. The topological polar surface area (TPSA) is 35.5 Å². The summed E-state index contributed by atoms with van der Waals surface area (Å²) in [6, 6.07) is 10.9. The Kier molecular flexibility index (Phi) is 6.79. The van der Waals surface area contributed by atoms with Crippen LogP contribution in [0.5, 0.6) is 5.75 Å². The van der Waals surface area contributed by atoms with Gasteiger partial charge in [0.1, 0.15) is 5.75 Å². The number of hydrogen-bond acceptors (Lipinski definition) is 3. The minimum absolute atomic E-state index is 0.0118. The molecule has 33 heavy (non-hydrogen) atoms. The number of benzene rings is 2. The van der Waals surface area contributed by atoms with Gasteiger partial charge in [-0.2, -0.15) is 22.0 Å². The molecule has 0 aliphatic heterocycles. The lowest BCUT2D eigenvalue weighted by molar-refractivity contribution is -0.329. The van der Waals surface area contributed by atoms with Crippen molar-refractivity contribution in [1.82, 2.24) is 0 Å². The summed E-state index contributed by atoms with van der Waals surface area (Å²) < 4.78 is 85.4. The minimum atomic E-state index is -6.04. The van der Waals surface area contributed by atoms with Crippen molar-refractivity contribution in [1.29, 1.82) is 0 Å². The van der Waals surface area contributed by atoms with Gasteiger partial charge >= 0.3 is 12.1 Å². The van der Waals surface area contributed by atoms with Crippen molar-refractivity contribution in [2.45, 2.75) is 63.5 Å². The fourth-order valence-electron chi connectivity index (χ4n) is 4.57. The van der Waals surface area contributed by atoms with Gasteiger partial charge in [-0.05, 0) is 42.2 Å². The summed E-state index contributed by atoms with van der Waals surface area (Å²) in [7, 11) is -3.20. The van der Waals surface area contributed by atoms with Crippen LogP contribution in [0.3, 0.4) is 0 Å². The number of ketones is 1. The van der Waals surface area contributed by atoms with Crippen LogP contribution in [0, 0.1) is 0 Å². The van der Waals surface area contributed by atoms with E-state index < -0.39 is 37.4 Å². The van der Waals surface area contributed by atoms with E-state index in [0.29, 0.717) is 0 Å². The number of hydrogen-bond donors (Lipinski definition) is 0. The van der Waals surface area contributed by atoms with Crippen LogP contribution in [0.4, 0.5) is 22.0 Å². The lowest BCUT2D eigenvalue weighted by Gasteiger charge is -2.48. The summed E-state index contributed by atoms with van der Waals surface area (Å²) in [6.07, 6.45) is -6.04. The van der Waals surface area contributed by atoms with E-state index in [1.165, 1.54) is 36.4 Å². The van der Waals surface area contributed by atoms with E-state index >= 15 is 8.78 Å². The second-order valence-corrected chi connectivity index (χ2v) is 12.8. The number of fused-ring (bicyclic) bond motifs is 3. The van der Waals surface area contributed by atoms with Crippen molar-refractivity contribution >= 4 is 14.1 Å². The van der Waals surface area contributed by atoms with Gasteiger partial charge in [-0.25, -0.2) is 0 Å². The summed E-state index contributed by atoms with van der Waals surface area (Å²) in [6.45, 7) is 6.71. The number of carbonyl (C=O) groups is 1. The van der Waals surface area contributed by atoms with E-state index in [1.54, 1.807) is 33.8 Å². The molecule has 0 N–H and O–H groups in total. The van der Waals surface area contributed by atoms with Crippen molar-refractivity contribution in [3.05, 3.63) is 53.6 Å². The third-order valence-corrected chi connectivity index (χ3v) is 11.2. The smallest absolute Gasteiger partial charge is 0.457 e. The Morgan fingerprint density at radius 2 is 1.36 bits per heavy atom. The van der Waals surface area contributed by atoms with Gasteiger partial charge in [0.15, 0.2) is 8.32 Å². The van der Waals surface area contributed by atoms with Crippen LogP contribution in [0.1, 0.15) is 43.6 Å². The molecule has 2 aromatic rings. The van der Waals surface area contributed by atoms with Crippen molar-refractivity contribution < 1.29 is 35.9 Å². The molecule has 2 aromatic carbocycles. The maximum Gasteiger partial charge on any atom is 0.457 e. The highest BCUT2D eigenvalue weighted by atomic mass is 28.4. The number of alkyl halides is 5. The fraction of sp³-hybridized carbons (Fsp3) is 0.458. The number of ether oxygens (including phenoxy) is 1. The predicted molar refractivity (Wildman–Crippen MR) is 118 cm³/mol. The van der Waals surface area contributed by atoms with E-state index in [0.717, 1.165) is 0 Å². The molecule has 1 aliphatic carbocycles. The van der Waals surface area contributed by atoms with Gasteiger partial charge in [0.2, 0.25) is 11.4 Å². The third-order valence-electron chi connectivity index (χ3n) is 6.56. The Morgan fingerprint density at radius 3 is 1.88 bits per heavy atom. The van der Waals surface area contributed by atoms with Gasteiger partial charge in [-0.1, -0.05) is 57.2 Å². The highest BCUT2D eigenvalue weighted by Gasteiger charge is 2.77. The van der Waals surface area contributed by atoms with E-state index in [1.807, 2.05) is 0 Å². The zero-order valence-corrected chi connectivity index (χ0v) is 20.0. The van der Waals surface area contributed by atoms with Gasteiger partial charge in [-0.15, -0.1) is 0 Å². The molecule has 0 amide bonds. The number of Topliss-reactive ketones (excluding diaryl/α,β-unsaturated/α-hetero) is 1. The van der Waals surface area contributed by atoms with Crippen molar-refractivity contribution in [3.63, 3.8) is 0 Å². The Morgan fingerprint density at radius 1 is 0.818 bits per heavy atom. The van der Waals surface area contributed by atoms with E-state index in [9.17, 15) is 18.0 Å². The number of rotatable bonds is 8. The minimum Gasteiger partial charge on any atom is -0.493 e. The zero-order chi connectivity index (χ0) is 24.7. The van der Waals surface area contributed by atoms with Gasteiger partial charge in [0.25, 0.3) is 0 Å². The quantitative estimate of drug-likeness (QED) is 0.289. The first kappa shape index (κ1) is 25.4. The molecular weight excluding hydrogens is 459 g/mol.